The second-order valence-corrected chi connectivity index (χ2v) is 10.8. The van der Waals surface area contributed by atoms with E-state index >= 15 is 0 Å². The molecule has 0 bridgehead atoms. The van der Waals surface area contributed by atoms with Gasteiger partial charge in [-0.15, -0.1) is 0 Å². The Morgan fingerprint density at radius 3 is 2.78 bits per heavy atom. The van der Waals surface area contributed by atoms with E-state index in [-0.39, 0.29) is 4.90 Å². The van der Waals surface area contributed by atoms with Gasteiger partial charge >= 0.3 is 0 Å². The number of sulfonamides is 1. The van der Waals surface area contributed by atoms with Crippen molar-refractivity contribution in [3.63, 3.8) is 0 Å². The van der Waals surface area contributed by atoms with E-state index in [0.717, 1.165) is 16.2 Å². The normalized spacial score (nSPS) is 15.5. The standard InChI is InChI=1S/C20H21N5O4S3/c1-2-25-17-4-3-15(32(26,27)24-6-8-28-9-7-24)11-16(17)21-20(25)31-13-18-22-19(29-23-18)14-5-10-30-12-14/h3-5,10-12H,2,6-9,13H2,1H3. The molecule has 0 spiro atoms. The van der Waals surface area contributed by atoms with Crippen LogP contribution in [0.1, 0.15) is 12.7 Å². The zero-order chi connectivity index (χ0) is 22.1. The van der Waals surface area contributed by atoms with E-state index in [9.17, 15) is 8.42 Å². The highest BCUT2D eigenvalue weighted by molar-refractivity contribution is 7.98. The molecule has 0 aliphatic carbocycles. The molecule has 0 radical (unpaired) electrons. The second-order valence-electron chi connectivity index (χ2n) is 7.12. The topological polar surface area (TPSA) is 103 Å². The van der Waals surface area contributed by atoms with Crippen LogP contribution >= 0.6 is 23.1 Å². The van der Waals surface area contributed by atoms with Crippen molar-refractivity contribution >= 4 is 44.2 Å². The molecule has 4 aromatic rings. The molecular weight excluding hydrogens is 470 g/mol. The molecule has 9 nitrogen and oxygen atoms in total. The Morgan fingerprint density at radius 2 is 2.03 bits per heavy atom. The summed E-state index contributed by atoms with van der Waals surface area (Å²) < 4.78 is 40.2. The second kappa shape index (κ2) is 8.94. The third-order valence-corrected chi connectivity index (χ3v) is 8.73. The van der Waals surface area contributed by atoms with Crippen molar-refractivity contribution in [2.45, 2.75) is 29.3 Å². The van der Waals surface area contributed by atoms with E-state index < -0.39 is 10.0 Å². The number of nitrogens with zero attached hydrogens (tertiary/aromatic N) is 5. The Balaban J connectivity index is 1.39. The molecule has 3 aromatic heterocycles. The predicted octanol–water partition coefficient (Wildman–Crippen LogP) is 3.48. The quantitative estimate of drug-likeness (QED) is 0.362. The summed E-state index contributed by atoms with van der Waals surface area (Å²) in [4.78, 5) is 9.41. The number of thioether (sulfide) groups is 1. The van der Waals surface area contributed by atoms with E-state index in [0.29, 0.717) is 55.8 Å². The number of hydrogen-bond donors (Lipinski definition) is 0. The lowest BCUT2D eigenvalue weighted by molar-refractivity contribution is 0.0730. The van der Waals surface area contributed by atoms with Crippen LogP contribution < -0.4 is 0 Å². The number of rotatable bonds is 7. The molecule has 168 valence electrons. The Bertz CT molecular complexity index is 1320. The fraction of sp³-hybridized carbons (Fsp3) is 0.350. The number of fused-ring (bicyclic) bond motifs is 1. The molecule has 1 aliphatic rings. The molecule has 32 heavy (non-hydrogen) atoms. The lowest BCUT2D eigenvalue weighted by Crippen LogP contribution is -2.40. The van der Waals surface area contributed by atoms with Crippen LogP contribution in [0.4, 0.5) is 0 Å². The Hall–Kier alpha value is -2.25. The van der Waals surface area contributed by atoms with Crippen LogP contribution in [0.15, 0.2) is 49.6 Å². The van der Waals surface area contributed by atoms with Crippen LogP contribution in [-0.2, 0) is 27.1 Å². The molecule has 5 rings (SSSR count). The van der Waals surface area contributed by atoms with Crippen molar-refractivity contribution in [1.82, 2.24) is 24.0 Å². The minimum atomic E-state index is -3.57. The molecule has 4 heterocycles. The fourth-order valence-corrected chi connectivity index (χ4v) is 6.52. The number of aromatic nitrogens is 4. The minimum absolute atomic E-state index is 0.253. The Labute approximate surface area is 193 Å². The van der Waals surface area contributed by atoms with Gasteiger partial charge < -0.3 is 13.8 Å². The molecule has 0 atom stereocenters. The van der Waals surface area contributed by atoms with Crippen molar-refractivity contribution in [3.8, 4) is 11.5 Å². The van der Waals surface area contributed by atoms with Crippen LogP contribution in [0.25, 0.3) is 22.5 Å². The smallest absolute Gasteiger partial charge is 0.258 e. The van der Waals surface area contributed by atoms with E-state index in [1.807, 2.05) is 29.8 Å². The molecule has 0 N–H and O–H groups in total. The van der Waals surface area contributed by atoms with Gasteiger partial charge in [0.15, 0.2) is 11.0 Å². The summed E-state index contributed by atoms with van der Waals surface area (Å²) in [5, 5.41) is 8.77. The first-order valence-corrected chi connectivity index (χ1v) is 13.5. The van der Waals surface area contributed by atoms with Crippen molar-refractivity contribution in [2.24, 2.45) is 0 Å². The van der Waals surface area contributed by atoms with Crippen LogP contribution in [0.5, 0.6) is 0 Å². The molecule has 1 aromatic carbocycles. The zero-order valence-corrected chi connectivity index (χ0v) is 19.8. The summed E-state index contributed by atoms with van der Waals surface area (Å²) in [6, 6.07) is 7.07. The maximum absolute atomic E-state index is 13.0. The molecular formula is C20H21N5O4S3. The average molecular weight is 492 g/mol. The molecule has 0 unspecified atom stereocenters. The van der Waals surface area contributed by atoms with Crippen molar-refractivity contribution in [3.05, 3.63) is 40.8 Å². The maximum Gasteiger partial charge on any atom is 0.258 e. The summed E-state index contributed by atoms with van der Waals surface area (Å²) >= 11 is 3.07. The lowest BCUT2D eigenvalue weighted by atomic mass is 10.3. The highest BCUT2D eigenvalue weighted by Gasteiger charge is 2.27. The Kier molecular flexibility index (Phi) is 6.03. The van der Waals surface area contributed by atoms with Gasteiger partial charge in [0.05, 0.1) is 40.5 Å². The van der Waals surface area contributed by atoms with Gasteiger partial charge in [0.1, 0.15) is 0 Å². The molecule has 1 fully saturated rings. The largest absolute Gasteiger partial charge is 0.379 e. The number of thiophene rings is 1. The highest BCUT2D eigenvalue weighted by atomic mass is 32.2. The number of benzene rings is 1. The number of ether oxygens (including phenoxy) is 1. The SMILES string of the molecule is CCn1c(SCc2noc(-c3ccsc3)n2)nc2cc(S(=O)(=O)N3CCOCC3)ccc21. The highest BCUT2D eigenvalue weighted by Crippen LogP contribution is 2.29. The molecule has 0 amide bonds. The van der Waals surface area contributed by atoms with Gasteiger partial charge in [-0.2, -0.15) is 20.6 Å². The summed E-state index contributed by atoms with van der Waals surface area (Å²) in [6.45, 7) is 4.30. The van der Waals surface area contributed by atoms with Crippen LogP contribution in [0.2, 0.25) is 0 Å². The van der Waals surface area contributed by atoms with E-state index in [2.05, 4.69) is 14.7 Å². The van der Waals surface area contributed by atoms with E-state index in [4.69, 9.17) is 14.2 Å². The van der Waals surface area contributed by atoms with Crippen molar-refractivity contribution in [2.75, 3.05) is 26.3 Å². The van der Waals surface area contributed by atoms with Crippen LogP contribution in [-0.4, -0.2) is 58.7 Å². The van der Waals surface area contributed by atoms with Gasteiger partial charge in [-0.05, 0) is 36.6 Å². The average Bonchev–Trinajstić information content (AvgIpc) is 3.57. The zero-order valence-electron chi connectivity index (χ0n) is 17.3. The molecule has 1 saturated heterocycles. The third-order valence-electron chi connectivity index (χ3n) is 5.18. The van der Waals surface area contributed by atoms with Gasteiger partial charge in [0.2, 0.25) is 10.0 Å². The summed E-state index contributed by atoms with van der Waals surface area (Å²) in [5.41, 5.74) is 2.45. The molecule has 1 aliphatic heterocycles. The first-order chi connectivity index (χ1) is 15.6. The third kappa shape index (κ3) is 4.08. The number of morpholine rings is 1. The summed E-state index contributed by atoms with van der Waals surface area (Å²) in [5.74, 6) is 1.58. The monoisotopic (exact) mass is 491 g/mol. The molecule has 12 heteroatoms. The molecule has 0 saturated carbocycles. The Morgan fingerprint density at radius 1 is 1.19 bits per heavy atom. The fourth-order valence-electron chi connectivity index (χ4n) is 3.54. The van der Waals surface area contributed by atoms with E-state index in [1.165, 1.54) is 16.1 Å². The van der Waals surface area contributed by atoms with Crippen molar-refractivity contribution < 1.29 is 17.7 Å². The van der Waals surface area contributed by atoms with Gasteiger partial charge in [0.25, 0.3) is 5.89 Å². The first-order valence-electron chi connectivity index (χ1n) is 10.1. The van der Waals surface area contributed by atoms with Gasteiger partial charge in [-0.3, -0.25) is 0 Å². The summed E-state index contributed by atoms with van der Waals surface area (Å²) in [7, 11) is -3.57. The van der Waals surface area contributed by atoms with E-state index in [1.54, 1.807) is 23.5 Å². The predicted molar refractivity (Wildman–Crippen MR) is 122 cm³/mol. The lowest BCUT2D eigenvalue weighted by Gasteiger charge is -2.26. The summed E-state index contributed by atoms with van der Waals surface area (Å²) in [6.07, 6.45) is 0. The number of hydrogen-bond acceptors (Lipinski definition) is 9. The van der Waals surface area contributed by atoms with Crippen molar-refractivity contribution in [1.29, 1.82) is 0 Å². The van der Waals surface area contributed by atoms with Crippen LogP contribution in [0, 0.1) is 0 Å². The number of aryl methyl sites for hydroxylation is 1. The minimum Gasteiger partial charge on any atom is -0.379 e. The maximum atomic E-state index is 13.0. The first kappa shape index (κ1) is 21.6. The van der Waals surface area contributed by atoms with Gasteiger partial charge in [-0.1, -0.05) is 16.9 Å². The number of imidazole rings is 1. The van der Waals surface area contributed by atoms with Crippen LogP contribution in [0.3, 0.4) is 0 Å². The van der Waals surface area contributed by atoms with Gasteiger partial charge in [-0.25, -0.2) is 13.4 Å². The van der Waals surface area contributed by atoms with Gasteiger partial charge in [0, 0.05) is 25.0 Å².